The van der Waals surface area contributed by atoms with Crippen LogP contribution in [0.5, 0.6) is 0 Å². The molecular formula is C23H28FNO. The van der Waals surface area contributed by atoms with E-state index < -0.39 is 0 Å². The van der Waals surface area contributed by atoms with Crippen LogP contribution in [0.1, 0.15) is 69.9 Å². The molecule has 4 aliphatic carbocycles. The summed E-state index contributed by atoms with van der Waals surface area (Å²) in [6.45, 7) is 4.21. The first-order valence-corrected chi connectivity index (χ1v) is 10.2. The zero-order chi connectivity index (χ0) is 18.1. The van der Waals surface area contributed by atoms with Crippen molar-refractivity contribution < 1.29 is 9.18 Å². The Balaban J connectivity index is 1.46. The number of Topliss-reactive ketones (excluding diaryl/α,β-unsaturated/α-hetero) is 1. The van der Waals surface area contributed by atoms with Gasteiger partial charge in [0.1, 0.15) is 11.6 Å². The number of rotatable bonds is 3. The number of carbonyl (C=O) groups is 1. The first-order chi connectivity index (χ1) is 12.3. The highest BCUT2D eigenvalue weighted by molar-refractivity contribution is 6.13. The third-order valence-corrected chi connectivity index (χ3v) is 7.40. The molecule has 0 N–H and O–H groups in total. The van der Waals surface area contributed by atoms with Crippen LogP contribution in [0, 0.1) is 29.0 Å². The van der Waals surface area contributed by atoms with Gasteiger partial charge >= 0.3 is 0 Å². The van der Waals surface area contributed by atoms with Crippen molar-refractivity contribution in [2.45, 2.75) is 70.8 Å². The summed E-state index contributed by atoms with van der Waals surface area (Å²) in [6.07, 6.45) is 8.47. The molecule has 0 amide bonds. The van der Waals surface area contributed by atoms with Gasteiger partial charge in [0, 0.05) is 17.4 Å². The van der Waals surface area contributed by atoms with Gasteiger partial charge in [0.25, 0.3) is 0 Å². The van der Waals surface area contributed by atoms with Crippen LogP contribution in [-0.4, -0.2) is 17.0 Å². The highest BCUT2D eigenvalue weighted by Crippen LogP contribution is 2.60. The Morgan fingerprint density at radius 2 is 1.73 bits per heavy atom. The van der Waals surface area contributed by atoms with E-state index >= 15 is 0 Å². The smallest absolute Gasteiger partial charge is 0.145 e. The lowest BCUT2D eigenvalue weighted by Crippen LogP contribution is -2.50. The number of hydrogen-bond donors (Lipinski definition) is 0. The number of hydrogen-bond acceptors (Lipinski definition) is 2. The van der Waals surface area contributed by atoms with Crippen LogP contribution < -0.4 is 0 Å². The molecule has 0 radical (unpaired) electrons. The lowest BCUT2D eigenvalue weighted by Gasteiger charge is -2.56. The Morgan fingerprint density at radius 1 is 1.12 bits per heavy atom. The molecule has 0 saturated heterocycles. The molecule has 4 bridgehead atoms. The van der Waals surface area contributed by atoms with E-state index in [9.17, 15) is 9.18 Å². The predicted molar refractivity (Wildman–Crippen MR) is 101 cm³/mol. The average Bonchev–Trinajstić information content (AvgIpc) is 2.53. The van der Waals surface area contributed by atoms with Gasteiger partial charge in [-0.3, -0.25) is 9.79 Å². The lowest BCUT2D eigenvalue weighted by molar-refractivity contribution is -0.142. The molecule has 1 aliphatic heterocycles. The summed E-state index contributed by atoms with van der Waals surface area (Å²) in [6, 6.07) is 4.98. The molecule has 6 rings (SSSR count). The second-order valence-electron chi connectivity index (χ2n) is 10.1. The summed E-state index contributed by atoms with van der Waals surface area (Å²) in [5.74, 6) is 2.43. The van der Waals surface area contributed by atoms with E-state index in [2.05, 4.69) is 13.8 Å². The van der Waals surface area contributed by atoms with Crippen molar-refractivity contribution in [1.29, 1.82) is 0 Å². The standard InChI is InChI=1S/C23H28FNO/c1-22(2)13-17-3-4-18(24)8-19(17)20(25-22)9-21(26)23-10-14-5-15(11-23)7-16(6-14)12-23/h3-4,8,14-16H,5-7,9-13H2,1-2H3. The second kappa shape index (κ2) is 5.50. The normalized spacial score (nSPS) is 36.6. The highest BCUT2D eigenvalue weighted by atomic mass is 19.1. The van der Waals surface area contributed by atoms with E-state index in [1.165, 1.54) is 25.3 Å². The van der Waals surface area contributed by atoms with E-state index in [0.717, 1.165) is 60.3 Å². The summed E-state index contributed by atoms with van der Waals surface area (Å²) in [4.78, 5) is 18.4. The summed E-state index contributed by atoms with van der Waals surface area (Å²) >= 11 is 0. The van der Waals surface area contributed by atoms with Crippen LogP contribution in [-0.2, 0) is 11.2 Å². The number of nitrogens with zero attached hydrogens (tertiary/aromatic N) is 1. The minimum absolute atomic E-state index is 0.105. The summed E-state index contributed by atoms with van der Waals surface area (Å²) in [5.41, 5.74) is 2.48. The molecule has 5 aliphatic rings. The van der Waals surface area contributed by atoms with Crippen LogP contribution in [0.2, 0.25) is 0 Å². The van der Waals surface area contributed by atoms with Crippen molar-refractivity contribution in [2.75, 3.05) is 0 Å². The monoisotopic (exact) mass is 353 g/mol. The maximum atomic E-state index is 13.9. The fourth-order valence-corrected chi connectivity index (χ4v) is 6.83. The highest BCUT2D eigenvalue weighted by Gasteiger charge is 2.54. The zero-order valence-corrected chi connectivity index (χ0v) is 15.9. The maximum Gasteiger partial charge on any atom is 0.145 e. The fraction of sp³-hybridized carbons (Fsp3) is 0.652. The van der Waals surface area contributed by atoms with Gasteiger partial charge in [-0.1, -0.05) is 6.07 Å². The van der Waals surface area contributed by atoms with E-state index in [4.69, 9.17) is 4.99 Å². The minimum atomic E-state index is -0.238. The van der Waals surface area contributed by atoms with Crippen molar-refractivity contribution in [3.05, 3.63) is 35.1 Å². The zero-order valence-electron chi connectivity index (χ0n) is 15.9. The summed E-state index contributed by atoms with van der Waals surface area (Å²) in [5, 5.41) is 0. The molecule has 138 valence electrons. The van der Waals surface area contributed by atoms with Gasteiger partial charge in [-0.2, -0.15) is 0 Å². The van der Waals surface area contributed by atoms with Crippen LogP contribution in [0.25, 0.3) is 0 Å². The molecule has 4 fully saturated rings. The number of carbonyl (C=O) groups excluding carboxylic acids is 1. The molecule has 0 unspecified atom stereocenters. The topological polar surface area (TPSA) is 29.4 Å². The molecule has 26 heavy (non-hydrogen) atoms. The number of fused-ring (bicyclic) bond motifs is 1. The predicted octanol–water partition coefficient (Wildman–Crippen LogP) is 5.13. The first-order valence-electron chi connectivity index (χ1n) is 10.2. The maximum absolute atomic E-state index is 13.9. The Labute approximate surface area is 155 Å². The molecule has 3 heteroatoms. The minimum Gasteiger partial charge on any atom is -0.299 e. The van der Waals surface area contributed by atoms with Crippen molar-refractivity contribution in [2.24, 2.45) is 28.2 Å². The fourth-order valence-electron chi connectivity index (χ4n) is 6.83. The average molecular weight is 353 g/mol. The SMILES string of the molecule is CC1(C)Cc2ccc(F)cc2C(CC(=O)C23CC4CC(CC(C4)C2)C3)=N1. The van der Waals surface area contributed by atoms with Crippen LogP contribution in [0.3, 0.4) is 0 Å². The van der Waals surface area contributed by atoms with Gasteiger partial charge in [-0.15, -0.1) is 0 Å². The van der Waals surface area contributed by atoms with E-state index in [-0.39, 0.29) is 16.8 Å². The third-order valence-electron chi connectivity index (χ3n) is 7.40. The number of ketones is 1. The molecule has 2 nitrogen and oxygen atoms in total. The van der Waals surface area contributed by atoms with Crippen LogP contribution in [0.4, 0.5) is 4.39 Å². The Kier molecular flexibility index (Phi) is 3.52. The molecule has 1 aromatic rings. The van der Waals surface area contributed by atoms with Crippen LogP contribution >= 0.6 is 0 Å². The van der Waals surface area contributed by atoms with Gasteiger partial charge in [-0.25, -0.2) is 4.39 Å². The summed E-state index contributed by atoms with van der Waals surface area (Å²) < 4.78 is 13.9. The van der Waals surface area contributed by atoms with Gasteiger partial charge < -0.3 is 0 Å². The van der Waals surface area contributed by atoms with Gasteiger partial charge in [0.2, 0.25) is 0 Å². The van der Waals surface area contributed by atoms with Gasteiger partial charge in [-0.05, 0) is 94.2 Å². The van der Waals surface area contributed by atoms with E-state index in [1.54, 1.807) is 6.07 Å². The number of halogens is 1. The van der Waals surface area contributed by atoms with Crippen molar-refractivity contribution in [3.8, 4) is 0 Å². The molecule has 0 aromatic heterocycles. The quantitative estimate of drug-likeness (QED) is 0.741. The third kappa shape index (κ3) is 2.66. The molecule has 1 aromatic carbocycles. The molecular weight excluding hydrogens is 325 g/mol. The number of aliphatic imine (C=N–C) groups is 1. The van der Waals surface area contributed by atoms with Crippen molar-refractivity contribution >= 4 is 11.5 Å². The second-order valence-corrected chi connectivity index (χ2v) is 10.1. The largest absolute Gasteiger partial charge is 0.299 e. The molecule has 0 atom stereocenters. The lowest BCUT2D eigenvalue weighted by atomic mass is 9.48. The Morgan fingerprint density at radius 3 is 2.35 bits per heavy atom. The Bertz CT molecular complexity index is 771. The van der Waals surface area contributed by atoms with E-state index in [1.807, 2.05) is 6.07 Å². The summed E-state index contributed by atoms with van der Waals surface area (Å²) in [7, 11) is 0. The van der Waals surface area contributed by atoms with Crippen molar-refractivity contribution in [1.82, 2.24) is 0 Å². The van der Waals surface area contributed by atoms with Crippen molar-refractivity contribution in [3.63, 3.8) is 0 Å². The molecule has 1 heterocycles. The molecule has 0 spiro atoms. The van der Waals surface area contributed by atoms with Gasteiger partial charge in [0.05, 0.1) is 11.3 Å². The first kappa shape index (κ1) is 16.6. The number of benzene rings is 1. The van der Waals surface area contributed by atoms with Crippen LogP contribution in [0.15, 0.2) is 23.2 Å². The Hall–Kier alpha value is -1.51. The van der Waals surface area contributed by atoms with E-state index in [0.29, 0.717) is 12.2 Å². The van der Waals surface area contributed by atoms with Gasteiger partial charge in [0.15, 0.2) is 0 Å². The molecule has 4 saturated carbocycles.